The van der Waals surface area contributed by atoms with Crippen LogP contribution in [-0.4, -0.2) is 30.1 Å². The summed E-state index contributed by atoms with van der Waals surface area (Å²) in [5.74, 6) is 1.61. The maximum absolute atomic E-state index is 5.50. The predicted octanol–water partition coefficient (Wildman–Crippen LogP) is 1.96. The Balaban J connectivity index is 1.75. The zero-order chi connectivity index (χ0) is 13.7. The number of hydrazone groups is 1. The van der Waals surface area contributed by atoms with Crippen molar-refractivity contribution in [2.45, 2.75) is 32.8 Å². The quantitative estimate of drug-likeness (QED) is 0.502. The van der Waals surface area contributed by atoms with Crippen LogP contribution in [0.1, 0.15) is 31.3 Å². The molecule has 104 valence electrons. The van der Waals surface area contributed by atoms with Crippen LogP contribution in [0, 0.1) is 6.92 Å². The van der Waals surface area contributed by atoms with Gasteiger partial charge in [0.05, 0.1) is 6.10 Å². The highest BCUT2D eigenvalue weighted by Gasteiger charge is 2.15. The number of aryl methyl sites for hydroxylation is 1. The topological polar surface area (TPSA) is 58.8 Å². The van der Waals surface area contributed by atoms with E-state index in [-0.39, 0.29) is 6.10 Å². The molecule has 1 aromatic heterocycles. The van der Waals surface area contributed by atoms with Gasteiger partial charge >= 0.3 is 0 Å². The first-order valence-corrected chi connectivity index (χ1v) is 6.82. The van der Waals surface area contributed by atoms with Crippen LogP contribution in [0.4, 0.5) is 0 Å². The summed E-state index contributed by atoms with van der Waals surface area (Å²) in [6.45, 7) is 5.34. The van der Waals surface area contributed by atoms with Crippen molar-refractivity contribution in [3.8, 4) is 0 Å². The Bertz CT molecular complexity index is 464. The summed E-state index contributed by atoms with van der Waals surface area (Å²) in [6.07, 6.45) is 2.48. The average Bonchev–Trinajstić information content (AvgIpc) is 3.04. The van der Waals surface area contributed by atoms with Crippen molar-refractivity contribution in [2.75, 3.05) is 13.2 Å². The van der Waals surface area contributed by atoms with E-state index in [1.807, 2.05) is 26.0 Å². The van der Waals surface area contributed by atoms with Crippen molar-refractivity contribution in [1.82, 2.24) is 10.7 Å². The average molecular weight is 281 g/mol. The zero-order valence-electron chi connectivity index (χ0n) is 11.2. The third kappa shape index (κ3) is 4.33. The molecule has 1 atom stereocenters. The van der Waals surface area contributed by atoms with Gasteiger partial charge in [0, 0.05) is 13.2 Å². The SMILES string of the molecule is C/C(=N/NC(=S)NC[C@H]1CCCO1)c1ccc(C)o1. The second-order valence-electron chi connectivity index (χ2n) is 4.56. The Morgan fingerprint density at radius 2 is 2.37 bits per heavy atom. The highest BCUT2D eigenvalue weighted by molar-refractivity contribution is 7.80. The van der Waals surface area contributed by atoms with Crippen LogP contribution in [-0.2, 0) is 4.74 Å². The van der Waals surface area contributed by atoms with Gasteiger partial charge in [-0.3, -0.25) is 5.43 Å². The summed E-state index contributed by atoms with van der Waals surface area (Å²) in [5.41, 5.74) is 3.57. The van der Waals surface area contributed by atoms with Crippen LogP contribution < -0.4 is 10.7 Å². The maximum Gasteiger partial charge on any atom is 0.187 e. The molecule has 5 nitrogen and oxygen atoms in total. The molecule has 1 aliphatic heterocycles. The molecule has 2 rings (SSSR count). The van der Waals surface area contributed by atoms with Gasteiger partial charge in [-0.15, -0.1) is 0 Å². The summed E-state index contributed by atoms with van der Waals surface area (Å²) < 4.78 is 11.0. The summed E-state index contributed by atoms with van der Waals surface area (Å²) in [5, 5.41) is 7.77. The highest BCUT2D eigenvalue weighted by Crippen LogP contribution is 2.10. The molecule has 0 amide bonds. The number of rotatable bonds is 4. The molecule has 2 N–H and O–H groups in total. The third-order valence-corrected chi connectivity index (χ3v) is 3.17. The monoisotopic (exact) mass is 281 g/mol. The van der Waals surface area contributed by atoms with Gasteiger partial charge in [-0.2, -0.15) is 5.10 Å². The molecule has 0 spiro atoms. The molecule has 6 heteroatoms. The molecule has 19 heavy (non-hydrogen) atoms. The second-order valence-corrected chi connectivity index (χ2v) is 4.97. The molecule has 2 heterocycles. The lowest BCUT2D eigenvalue weighted by Gasteiger charge is -2.12. The number of furan rings is 1. The van der Waals surface area contributed by atoms with Gasteiger partial charge < -0.3 is 14.5 Å². The normalized spacial score (nSPS) is 19.5. The Morgan fingerprint density at radius 3 is 3.00 bits per heavy atom. The number of ether oxygens (including phenoxy) is 1. The molecule has 0 aromatic carbocycles. The van der Waals surface area contributed by atoms with Gasteiger partial charge in [0.2, 0.25) is 0 Å². The predicted molar refractivity (Wildman–Crippen MR) is 78.4 cm³/mol. The van der Waals surface area contributed by atoms with Gasteiger partial charge in [-0.25, -0.2) is 0 Å². The first-order chi connectivity index (χ1) is 9.15. The molecule has 1 saturated heterocycles. The number of nitrogens with zero attached hydrogens (tertiary/aromatic N) is 1. The van der Waals surface area contributed by atoms with Crippen molar-refractivity contribution in [1.29, 1.82) is 0 Å². The zero-order valence-corrected chi connectivity index (χ0v) is 12.0. The van der Waals surface area contributed by atoms with E-state index in [2.05, 4.69) is 15.8 Å². The molecule has 1 fully saturated rings. The van der Waals surface area contributed by atoms with E-state index < -0.39 is 0 Å². The van der Waals surface area contributed by atoms with Crippen LogP contribution in [0.2, 0.25) is 0 Å². The first-order valence-electron chi connectivity index (χ1n) is 6.41. The molecule has 1 aromatic rings. The van der Waals surface area contributed by atoms with Gasteiger partial charge in [0.25, 0.3) is 0 Å². The minimum Gasteiger partial charge on any atom is -0.460 e. The summed E-state index contributed by atoms with van der Waals surface area (Å²) in [6, 6.07) is 3.79. The van der Waals surface area contributed by atoms with Gasteiger partial charge in [0.15, 0.2) is 5.11 Å². The van der Waals surface area contributed by atoms with E-state index in [9.17, 15) is 0 Å². The fraction of sp³-hybridized carbons (Fsp3) is 0.538. The summed E-state index contributed by atoms with van der Waals surface area (Å²) >= 11 is 5.15. The van der Waals surface area contributed by atoms with Crippen molar-refractivity contribution in [3.63, 3.8) is 0 Å². The number of hydrogen-bond donors (Lipinski definition) is 2. The summed E-state index contributed by atoms with van der Waals surface area (Å²) in [7, 11) is 0. The van der Waals surface area contributed by atoms with Crippen molar-refractivity contribution in [3.05, 3.63) is 23.7 Å². The van der Waals surface area contributed by atoms with E-state index in [4.69, 9.17) is 21.4 Å². The van der Waals surface area contributed by atoms with E-state index in [1.165, 1.54) is 0 Å². The Hall–Kier alpha value is -1.40. The summed E-state index contributed by atoms with van der Waals surface area (Å²) in [4.78, 5) is 0. The van der Waals surface area contributed by atoms with Gasteiger partial charge in [0.1, 0.15) is 17.2 Å². The fourth-order valence-electron chi connectivity index (χ4n) is 1.87. The van der Waals surface area contributed by atoms with E-state index in [0.29, 0.717) is 5.11 Å². The van der Waals surface area contributed by atoms with Crippen molar-refractivity contribution >= 4 is 23.0 Å². The number of thiocarbonyl (C=S) groups is 1. The van der Waals surface area contributed by atoms with Crippen LogP contribution in [0.15, 0.2) is 21.7 Å². The minimum atomic E-state index is 0.262. The third-order valence-electron chi connectivity index (χ3n) is 2.94. The van der Waals surface area contributed by atoms with E-state index in [1.54, 1.807) is 0 Å². The second kappa shape index (κ2) is 6.68. The Labute approximate surface area is 118 Å². The van der Waals surface area contributed by atoms with Crippen LogP contribution in [0.3, 0.4) is 0 Å². The Kier molecular flexibility index (Phi) is 4.93. The minimum absolute atomic E-state index is 0.262. The molecule has 0 bridgehead atoms. The largest absolute Gasteiger partial charge is 0.460 e. The van der Waals surface area contributed by atoms with E-state index >= 15 is 0 Å². The maximum atomic E-state index is 5.50. The lowest BCUT2D eigenvalue weighted by atomic mass is 10.2. The lowest BCUT2D eigenvalue weighted by Crippen LogP contribution is -2.37. The molecule has 0 radical (unpaired) electrons. The fourth-order valence-corrected chi connectivity index (χ4v) is 2.00. The standard InChI is InChI=1S/C13H19N3O2S/c1-9-5-6-12(18-9)10(2)15-16-13(19)14-8-11-4-3-7-17-11/h5-6,11H,3-4,7-8H2,1-2H3,(H2,14,16,19)/b15-10-/t11-/m1/s1. The lowest BCUT2D eigenvalue weighted by molar-refractivity contribution is 0.114. The van der Waals surface area contributed by atoms with Crippen molar-refractivity contribution in [2.24, 2.45) is 5.10 Å². The first kappa shape index (κ1) is 14.0. The van der Waals surface area contributed by atoms with Gasteiger partial charge in [-0.1, -0.05) is 0 Å². The van der Waals surface area contributed by atoms with Crippen LogP contribution in [0.25, 0.3) is 0 Å². The number of hydrogen-bond acceptors (Lipinski definition) is 4. The number of nitrogens with one attached hydrogen (secondary N) is 2. The Morgan fingerprint density at radius 1 is 1.53 bits per heavy atom. The smallest absolute Gasteiger partial charge is 0.187 e. The molecular formula is C13H19N3O2S. The van der Waals surface area contributed by atoms with E-state index in [0.717, 1.165) is 43.2 Å². The molecular weight excluding hydrogens is 262 g/mol. The molecule has 1 aliphatic rings. The molecule has 0 saturated carbocycles. The highest BCUT2D eigenvalue weighted by atomic mass is 32.1. The molecule has 0 unspecified atom stereocenters. The van der Waals surface area contributed by atoms with Crippen LogP contribution >= 0.6 is 12.2 Å². The van der Waals surface area contributed by atoms with Crippen molar-refractivity contribution < 1.29 is 9.15 Å². The van der Waals surface area contributed by atoms with Crippen LogP contribution in [0.5, 0.6) is 0 Å². The molecule has 0 aliphatic carbocycles. The van der Waals surface area contributed by atoms with Gasteiger partial charge in [-0.05, 0) is 51.0 Å².